The number of carbonyl (C=O) groups is 1. The molecule has 3 rings (SSSR count). The van der Waals surface area contributed by atoms with Crippen LogP contribution in [0, 0.1) is 0 Å². The number of rotatable bonds is 5. The number of benzene rings is 2. The minimum Gasteiger partial charge on any atom is -0.434 e. The molecular formula is C15H11F2N3O4S2. The summed E-state index contributed by atoms with van der Waals surface area (Å²) >= 11 is 1.02. The molecule has 3 aromatic rings. The van der Waals surface area contributed by atoms with Gasteiger partial charge in [0.1, 0.15) is 5.75 Å². The lowest BCUT2D eigenvalue weighted by Gasteiger charge is -2.09. The molecular weight excluding hydrogens is 388 g/mol. The number of nitrogens with one attached hydrogen (secondary N) is 1. The van der Waals surface area contributed by atoms with Crippen molar-refractivity contribution < 1.29 is 26.7 Å². The van der Waals surface area contributed by atoms with Gasteiger partial charge in [-0.25, -0.2) is 18.5 Å². The molecule has 0 saturated heterocycles. The van der Waals surface area contributed by atoms with E-state index in [2.05, 4.69) is 15.0 Å². The number of anilines is 1. The van der Waals surface area contributed by atoms with Crippen LogP contribution in [-0.2, 0) is 10.0 Å². The van der Waals surface area contributed by atoms with Gasteiger partial charge in [0, 0.05) is 0 Å². The molecule has 0 spiro atoms. The van der Waals surface area contributed by atoms with Crippen LogP contribution < -0.4 is 15.2 Å². The van der Waals surface area contributed by atoms with Gasteiger partial charge in [0.05, 0.1) is 20.7 Å². The van der Waals surface area contributed by atoms with Crippen LogP contribution in [0.25, 0.3) is 10.2 Å². The number of nitrogens with two attached hydrogens (primary N) is 1. The monoisotopic (exact) mass is 399 g/mol. The molecule has 0 radical (unpaired) electrons. The van der Waals surface area contributed by atoms with Gasteiger partial charge in [0.2, 0.25) is 10.0 Å². The number of ether oxygens (including phenoxy) is 1. The molecule has 1 heterocycles. The highest BCUT2D eigenvalue weighted by molar-refractivity contribution is 7.89. The summed E-state index contributed by atoms with van der Waals surface area (Å²) in [6.07, 6.45) is 0. The Hall–Kier alpha value is -2.63. The normalized spacial score (nSPS) is 11.7. The van der Waals surface area contributed by atoms with Crippen molar-refractivity contribution in [1.29, 1.82) is 0 Å². The second kappa shape index (κ2) is 6.94. The number of nitrogens with zero attached hydrogens (tertiary/aromatic N) is 1. The first-order valence-electron chi connectivity index (χ1n) is 7.02. The van der Waals surface area contributed by atoms with Crippen molar-refractivity contribution >= 4 is 42.6 Å². The summed E-state index contributed by atoms with van der Waals surface area (Å²) in [6, 6.07) is 9.64. The van der Waals surface area contributed by atoms with E-state index in [1.807, 2.05) is 0 Å². The van der Waals surface area contributed by atoms with Gasteiger partial charge in [-0.1, -0.05) is 23.5 Å². The molecule has 0 atom stereocenters. The van der Waals surface area contributed by atoms with Gasteiger partial charge in [-0.3, -0.25) is 10.1 Å². The summed E-state index contributed by atoms with van der Waals surface area (Å²) in [4.78, 5) is 16.4. The molecule has 0 unspecified atom stereocenters. The second-order valence-electron chi connectivity index (χ2n) is 5.02. The molecule has 0 saturated carbocycles. The molecule has 3 N–H and O–H groups in total. The number of alkyl halides is 2. The van der Waals surface area contributed by atoms with Crippen LogP contribution in [0.3, 0.4) is 0 Å². The van der Waals surface area contributed by atoms with Gasteiger partial charge in [-0.15, -0.1) is 0 Å². The van der Waals surface area contributed by atoms with E-state index in [9.17, 15) is 22.0 Å². The van der Waals surface area contributed by atoms with E-state index in [4.69, 9.17) is 5.14 Å². The largest absolute Gasteiger partial charge is 0.434 e. The van der Waals surface area contributed by atoms with Crippen LogP contribution in [0.1, 0.15) is 10.4 Å². The highest BCUT2D eigenvalue weighted by Gasteiger charge is 2.17. The first-order valence-corrected chi connectivity index (χ1v) is 9.39. The highest BCUT2D eigenvalue weighted by Crippen LogP contribution is 2.29. The van der Waals surface area contributed by atoms with Crippen LogP contribution in [0.4, 0.5) is 13.9 Å². The van der Waals surface area contributed by atoms with Crippen molar-refractivity contribution in [3.8, 4) is 5.75 Å². The molecule has 2 aromatic carbocycles. The summed E-state index contributed by atoms with van der Waals surface area (Å²) in [5.74, 6) is -0.954. The lowest BCUT2D eigenvalue weighted by molar-refractivity contribution is -0.0501. The zero-order chi connectivity index (χ0) is 18.9. The molecule has 1 amide bonds. The Labute approximate surface area is 150 Å². The summed E-state index contributed by atoms with van der Waals surface area (Å²) in [6.45, 7) is -3.07. The molecule has 0 aliphatic rings. The predicted octanol–water partition coefficient (Wildman–Crippen LogP) is 2.80. The van der Waals surface area contributed by atoms with Crippen molar-refractivity contribution in [3.05, 3.63) is 48.0 Å². The van der Waals surface area contributed by atoms with E-state index in [-0.39, 0.29) is 21.3 Å². The van der Waals surface area contributed by atoms with E-state index in [1.54, 1.807) is 0 Å². The van der Waals surface area contributed by atoms with Crippen LogP contribution in [0.2, 0.25) is 0 Å². The Balaban J connectivity index is 1.88. The summed E-state index contributed by atoms with van der Waals surface area (Å²) < 4.78 is 52.5. The highest BCUT2D eigenvalue weighted by atomic mass is 32.2. The van der Waals surface area contributed by atoms with Crippen molar-refractivity contribution in [2.24, 2.45) is 5.14 Å². The number of halogens is 2. The molecule has 0 aliphatic carbocycles. The Morgan fingerprint density at radius 1 is 1.23 bits per heavy atom. The van der Waals surface area contributed by atoms with Gasteiger partial charge in [-0.05, 0) is 30.3 Å². The van der Waals surface area contributed by atoms with Gasteiger partial charge < -0.3 is 4.74 Å². The van der Waals surface area contributed by atoms with E-state index < -0.39 is 22.5 Å². The van der Waals surface area contributed by atoms with Gasteiger partial charge in [-0.2, -0.15) is 8.78 Å². The Morgan fingerprint density at radius 3 is 2.65 bits per heavy atom. The number of fused-ring (bicyclic) bond motifs is 1. The Bertz CT molecular complexity index is 1080. The van der Waals surface area contributed by atoms with E-state index in [1.165, 1.54) is 42.5 Å². The lowest BCUT2D eigenvalue weighted by atomic mass is 10.2. The van der Waals surface area contributed by atoms with Crippen molar-refractivity contribution in [2.75, 3.05) is 5.32 Å². The van der Waals surface area contributed by atoms with E-state index >= 15 is 0 Å². The fourth-order valence-electron chi connectivity index (χ4n) is 2.15. The zero-order valence-corrected chi connectivity index (χ0v) is 14.5. The average molecular weight is 399 g/mol. The molecule has 1 aromatic heterocycles. The maximum Gasteiger partial charge on any atom is 0.387 e. The fraction of sp³-hybridized carbons (Fsp3) is 0.0667. The number of primary sulfonamides is 1. The minimum atomic E-state index is -3.86. The van der Waals surface area contributed by atoms with E-state index in [0.29, 0.717) is 10.2 Å². The number of carbonyl (C=O) groups excluding carboxylic acids is 1. The van der Waals surface area contributed by atoms with Gasteiger partial charge in [0.25, 0.3) is 5.91 Å². The second-order valence-corrected chi connectivity index (χ2v) is 7.61. The molecule has 136 valence electrons. The summed E-state index contributed by atoms with van der Waals surface area (Å²) in [5, 5.41) is 7.73. The number of aromatic nitrogens is 1. The Morgan fingerprint density at radius 2 is 1.96 bits per heavy atom. The third-order valence-electron chi connectivity index (χ3n) is 3.26. The quantitative estimate of drug-likeness (QED) is 0.685. The zero-order valence-electron chi connectivity index (χ0n) is 12.8. The number of amides is 1. The van der Waals surface area contributed by atoms with Crippen molar-refractivity contribution in [1.82, 2.24) is 4.98 Å². The lowest BCUT2D eigenvalue weighted by Crippen LogP contribution is -2.14. The number of para-hydroxylation sites is 1. The number of sulfonamides is 1. The molecule has 26 heavy (non-hydrogen) atoms. The topological polar surface area (TPSA) is 111 Å². The van der Waals surface area contributed by atoms with Gasteiger partial charge >= 0.3 is 6.61 Å². The molecule has 0 fully saturated rings. The van der Waals surface area contributed by atoms with Gasteiger partial charge in [0.15, 0.2) is 5.13 Å². The third-order valence-corrected chi connectivity index (χ3v) is 5.10. The standard InChI is InChI=1S/C15H11F2N3O4S2/c16-14(17)24-11-4-2-1-3-9(11)13(21)20-15-19-10-6-5-8(26(18,22)23)7-12(10)25-15/h1-7,14H,(H2,18,22,23)(H,19,20,21). The first kappa shape index (κ1) is 18.2. The SMILES string of the molecule is NS(=O)(=O)c1ccc2nc(NC(=O)c3ccccc3OC(F)F)sc2c1. The van der Waals surface area contributed by atoms with Crippen molar-refractivity contribution in [2.45, 2.75) is 11.5 Å². The third kappa shape index (κ3) is 3.95. The van der Waals surface area contributed by atoms with E-state index in [0.717, 1.165) is 11.3 Å². The number of thiazole rings is 1. The molecule has 7 nitrogen and oxygen atoms in total. The maximum atomic E-state index is 12.4. The summed E-state index contributed by atoms with van der Waals surface area (Å²) in [7, 11) is -3.86. The molecule has 0 bridgehead atoms. The Kier molecular flexibility index (Phi) is 4.85. The number of hydrogen-bond acceptors (Lipinski definition) is 6. The van der Waals surface area contributed by atoms with Crippen LogP contribution in [0.15, 0.2) is 47.4 Å². The maximum absolute atomic E-state index is 12.4. The number of hydrogen-bond donors (Lipinski definition) is 2. The average Bonchev–Trinajstić information content (AvgIpc) is 2.95. The predicted molar refractivity (Wildman–Crippen MR) is 92.0 cm³/mol. The van der Waals surface area contributed by atoms with Crippen molar-refractivity contribution in [3.63, 3.8) is 0 Å². The fourth-order valence-corrected chi connectivity index (χ4v) is 3.67. The van der Waals surface area contributed by atoms with Crippen LogP contribution in [0.5, 0.6) is 5.75 Å². The summed E-state index contributed by atoms with van der Waals surface area (Å²) in [5.41, 5.74) is 0.368. The molecule has 0 aliphatic heterocycles. The minimum absolute atomic E-state index is 0.0813. The van der Waals surface area contributed by atoms with Crippen LogP contribution in [-0.4, -0.2) is 25.9 Å². The first-order chi connectivity index (χ1) is 12.2. The van der Waals surface area contributed by atoms with Crippen LogP contribution >= 0.6 is 11.3 Å². The smallest absolute Gasteiger partial charge is 0.387 e. The molecule has 11 heteroatoms.